The monoisotopic (exact) mass is 223 g/mol. The van der Waals surface area contributed by atoms with E-state index in [1.54, 1.807) is 6.20 Å². The Hall–Kier alpha value is -1.85. The number of hydrogen-bond acceptors (Lipinski definition) is 5. The van der Waals surface area contributed by atoms with Crippen LogP contribution in [0.15, 0.2) is 6.20 Å². The Morgan fingerprint density at radius 1 is 1.50 bits per heavy atom. The largest absolute Gasteiger partial charge is 0.368 e. The van der Waals surface area contributed by atoms with Crippen molar-refractivity contribution in [2.24, 2.45) is 5.73 Å². The molecule has 1 aromatic heterocycles. The van der Waals surface area contributed by atoms with E-state index >= 15 is 0 Å². The van der Waals surface area contributed by atoms with Crippen molar-refractivity contribution in [3.8, 4) is 0 Å². The van der Waals surface area contributed by atoms with Gasteiger partial charge in [0, 0.05) is 18.3 Å². The fraction of sp³-hybridized carbons (Fsp3) is 0.500. The molecule has 0 aliphatic carbocycles. The van der Waals surface area contributed by atoms with E-state index in [-0.39, 0.29) is 6.54 Å². The molecule has 6 heteroatoms. The molecule has 1 amide bonds. The number of hydrogen-bond donors (Lipinski definition) is 3. The number of carbonyl (C=O) groups excluding carboxylic acids is 1. The summed E-state index contributed by atoms with van der Waals surface area (Å²) in [5.41, 5.74) is 5.93. The Balaban J connectivity index is 2.69. The predicted molar refractivity (Wildman–Crippen MR) is 63.2 cm³/mol. The number of carbonyl (C=O) groups is 1. The maximum atomic E-state index is 10.6. The molecule has 0 spiro atoms. The Morgan fingerprint density at radius 3 is 2.88 bits per heavy atom. The third kappa shape index (κ3) is 3.72. The minimum atomic E-state index is -0.416. The second kappa shape index (κ2) is 5.89. The van der Waals surface area contributed by atoms with Gasteiger partial charge in [0.1, 0.15) is 5.82 Å². The number of rotatable bonds is 6. The van der Waals surface area contributed by atoms with Crippen LogP contribution >= 0.6 is 0 Å². The van der Waals surface area contributed by atoms with Gasteiger partial charge >= 0.3 is 0 Å². The second-order valence-corrected chi connectivity index (χ2v) is 3.47. The average molecular weight is 223 g/mol. The number of nitrogens with one attached hydrogen (secondary N) is 2. The molecule has 0 aromatic carbocycles. The maximum Gasteiger partial charge on any atom is 0.236 e. The van der Waals surface area contributed by atoms with Crippen LogP contribution in [0.25, 0.3) is 0 Å². The molecule has 1 rings (SSSR count). The first-order valence-corrected chi connectivity index (χ1v) is 5.23. The van der Waals surface area contributed by atoms with E-state index in [9.17, 15) is 4.79 Å². The van der Waals surface area contributed by atoms with Crippen molar-refractivity contribution < 1.29 is 4.79 Å². The van der Waals surface area contributed by atoms with Gasteiger partial charge in [0.2, 0.25) is 11.9 Å². The summed E-state index contributed by atoms with van der Waals surface area (Å²) in [4.78, 5) is 19.0. The van der Waals surface area contributed by atoms with Crippen molar-refractivity contribution in [3.05, 3.63) is 11.8 Å². The van der Waals surface area contributed by atoms with E-state index in [2.05, 4.69) is 27.5 Å². The number of primary amides is 1. The van der Waals surface area contributed by atoms with Crippen LogP contribution in [0.1, 0.15) is 18.9 Å². The van der Waals surface area contributed by atoms with Crippen LogP contribution in [0, 0.1) is 6.92 Å². The lowest BCUT2D eigenvalue weighted by atomic mass is 10.3. The van der Waals surface area contributed by atoms with Crippen molar-refractivity contribution >= 4 is 17.7 Å². The van der Waals surface area contributed by atoms with Crippen LogP contribution in [-0.2, 0) is 4.79 Å². The second-order valence-electron chi connectivity index (χ2n) is 3.47. The first-order chi connectivity index (χ1) is 7.63. The molecule has 0 atom stereocenters. The van der Waals surface area contributed by atoms with Gasteiger partial charge in [0.05, 0.1) is 6.54 Å². The molecule has 4 N–H and O–H groups in total. The van der Waals surface area contributed by atoms with Gasteiger partial charge in [-0.1, -0.05) is 6.92 Å². The van der Waals surface area contributed by atoms with Gasteiger partial charge in [-0.05, 0) is 13.3 Å². The standard InChI is InChI=1S/C10H17N5O/c1-3-4-12-10-14-5-7(2)9(15-10)13-6-8(11)16/h5H,3-4,6H2,1-2H3,(H2,11,16)(H2,12,13,14,15). The van der Waals surface area contributed by atoms with E-state index in [0.29, 0.717) is 11.8 Å². The topological polar surface area (TPSA) is 92.9 Å². The zero-order chi connectivity index (χ0) is 12.0. The zero-order valence-electron chi connectivity index (χ0n) is 9.58. The van der Waals surface area contributed by atoms with E-state index in [1.807, 2.05) is 6.92 Å². The molecule has 1 heterocycles. The van der Waals surface area contributed by atoms with Crippen molar-refractivity contribution in [1.29, 1.82) is 0 Å². The van der Waals surface area contributed by atoms with Gasteiger partial charge in [-0.15, -0.1) is 0 Å². The summed E-state index contributed by atoms with van der Waals surface area (Å²) in [6.07, 6.45) is 2.70. The number of nitrogens with two attached hydrogens (primary N) is 1. The normalized spacial score (nSPS) is 9.88. The molecule has 0 aliphatic rings. The number of nitrogens with zero attached hydrogens (tertiary/aromatic N) is 2. The molecule has 0 radical (unpaired) electrons. The molecule has 0 saturated carbocycles. The van der Waals surface area contributed by atoms with Crippen molar-refractivity contribution in [1.82, 2.24) is 9.97 Å². The fourth-order valence-corrected chi connectivity index (χ4v) is 1.11. The van der Waals surface area contributed by atoms with Crippen molar-refractivity contribution in [2.75, 3.05) is 23.7 Å². The van der Waals surface area contributed by atoms with Gasteiger partial charge in [0.15, 0.2) is 0 Å². The molecule has 0 saturated heterocycles. The molecule has 16 heavy (non-hydrogen) atoms. The molecule has 6 nitrogen and oxygen atoms in total. The third-order valence-electron chi connectivity index (χ3n) is 1.93. The first kappa shape index (κ1) is 12.2. The van der Waals surface area contributed by atoms with Crippen LogP contribution in [0.4, 0.5) is 11.8 Å². The summed E-state index contributed by atoms with van der Waals surface area (Å²) in [6.45, 7) is 4.82. The summed E-state index contributed by atoms with van der Waals surface area (Å²) >= 11 is 0. The minimum Gasteiger partial charge on any atom is -0.368 e. The number of anilines is 2. The highest BCUT2D eigenvalue weighted by Gasteiger charge is 2.03. The van der Waals surface area contributed by atoms with Gasteiger partial charge in [-0.25, -0.2) is 4.98 Å². The predicted octanol–water partition coefficient (Wildman–Crippen LogP) is 0.504. The summed E-state index contributed by atoms with van der Waals surface area (Å²) < 4.78 is 0. The SMILES string of the molecule is CCCNc1ncc(C)c(NCC(N)=O)n1. The quantitative estimate of drug-likeness (QED) is 0.653. The Morgan fingerprint density at radius 2 is 2.25 bits per heavy atom. The Bertz CT molecular complexity index is 366. The smallest absolute Gasteiger partial charge is 0.236 e. The fourth-order valence-electron chi connectivity index (χ4n) is 1.11. The molecular weight excluding hydrogens is 206 g/mol. The van der Waals surface area contributed by atoms with Crippen LogP contribution in [0.5, 0.6) is 0 Å². The number of amides is 1. The van der Waals surface area contributed by atoms with Crippen LogP contribution in [0.2, 0.25) is 0 Å². The lowest BCUT2D eigenvalue weighted by molar-refractivity contribution is -0.116. The highest BCUT2D eigenvalue weighted by atomic mass is 16.1. The van der Waals surface area contributed by atoms with Crippen LogP contribution < -0.4 is 16.4 Å². The summed E-state index contributed by atoms with van der Waals surface area (Å²) in [5, 5.41) is 5.93. The van der Waals surface area contributed by atoms with Gasteiger partial charge in [-0.2, -0.15) is 4.98 Å². The third-order valence-corrected chi connectivity index (χ3v) is 1.93. The van der Waals surface area contributed by atoms with E-state index in [4.69, 9.17) is 5.73 Å². The minimum absolute atomic E-state index is 0.0745. The van der Waals surface area contributed by atoms with E-state index in [1.165, 1.54) is 0 Å². The number of aryl methyl sites for hydroxylation is 1. The highest BCUT2D eigenvalue weighted by molar-refractivity contribution is 5.78. The van der Waals surface area contributed by atoms with Crippen LogP contribution in [0.3, 0.4) is 0 Å². The van der Waals surface area contributed by atoms with Crippen molar-refractivity contribution in [3.63, 3.8) is 0 Å². The number of aromatic nitrogens is 2. The van der Waals surface area contributed by atoms with Gasteiger partial charge < -0.3 is 16.4 Å². The van der Waals surface area contributed by atoms with Crippen molar-refractivity contribution in [2.45, 2.75) is 20.3 Å². The highest BCUT2D eigenvalue weighted by Crippen LogP contribution is 2.11. The lowest BCUT2D eigenvalue weighted by Crippen LogP contribution is -2.23. The molecule has 0 bridgehead atoms. The summed E-state index contributed by atoms with van der Waals surface area (Å²) in [5.74, 6) is 0.771. The van der Waals surface area contributed by atoms with E-state index < -0.39 is 5.91 Å². The molecule has 0 unspecified atom stereocenters. The molecule has 0 fully saturated rings. The molecular formula is C10H17N5O. The molecule has 88 valence electrons. The zero-order valence-corrected chi connectivity index (χ0v) is 9.58. The van der Waals surface area contributed by atoms with Gasteiger partial charge in [-0.3, -0.25) is 4.79 Å². The molecule has 1 aromatic rings. The summed E-state index contributed by atoms with van der Waals surface area (Å²) in [6, 6.07) is 0. The lowest BCUT2D eigenvalue weighted by Gasteiger charge is -2.09. The van der Waals surface area contributed by atoms with Gasteiger partial charge in [0.25, 0.3) is 0 Å². The Labute approximate surface area is 94.7 Å². The summed E-state index contributed by atoms with van der Waals surface area (Å²) in [7, 11) is 0. The van der Waals surface area contributed by atoms with E-state index in [0.717, 1.165) is 18.5 Å². The molecule has 0 aliphatic heterocycles. The average Bonchev–Trinajstić information content (AvgIpc) is 2.26. The maximum absolute atomic E-state index is 10.6. The Kier molecular flexibility index (Phi) is 4.50. The van der Waals surface area contributed by atoms with Crippen LogP contribution in [-0.4, -0.2) is 29.0 Å². The first-order valence-electron chi connectivity index (χ1n) is 5.23.